The van der Waals surface area contributed by atoms with Gasteiger partial charge in [0.15, 0.2) is 0 Å². The molecule has 15 heavy (non-hydrogen) atoms. The summed E-state index contributed by atoms with van der Waals surface area (Å²) in [4.78, 5) is 4.65. The Morgan fingerprint density at radius 2 is 2.27 bits per heavy atom. The monoisotopic (exact) mass is 215 g/mol. The van der Waals surface area contributed by atoms with Crippen LogP contribution < -0.4 is 5.32 Å². The number of rotatable bonds is 6. The predicted octanol–water partition coefficient (Wildman–Crippen LogP) is -0.407. The molecule has 0 spiro atoms. The van der Waals surface area contributed by atoms with E-state index in [1.54, 1.807) is 0 Å². The van der Waals surface area contributed by atoms with E-state index in [-0.39, 0.29) is 6.10 Å². The second kappa shape index (κ2) is 6.43. The lowest BCUT2D eigenvalue weighted by molar-refractivity contribution is 0.0984. The maximum Gasteiger partial charge on any atom is 0.0791 e. The maximum atomic E-state index is 9.74. The molecule has 90 valence electrons. The molecule has 0 aliphatic carbocycles. The first-order valence-corrected chi connectivity index (χ1v) is 5.85. The van der Waals surface area contributed by atoms with Crippen LogP contribution in [0.25, 0.3) is 0 Å². The average molecular weight is 215 g/mol. The molecule has 0 saturated carbocycles. The number of hydrogen-bond acceptors (Lipinski definition) is 4. The van der Waals surface area contributed by atoms with E-state index in [0.29, 0.717) is 12.6 Å². The van der Waals surface area contributed by atoms with Crippen LogP contribution in [0.2, 0.25) is 0 Å². The number of aliphatic hydroxyl groups is 1. The van der Waals surface area contributed by atoms with Gasteiger partial charge in [0.25, 0.3) is 0 Å². The van der Waals surface area contributed by atoms with Crippen molar-refractivity contribution in [3.63, 3.8) is 0 Å². The van der Waals surface area contributed by atoms with Crippen LogP contribution in [0, 0.1) is 0 Å². The number of nitrogens with zero attached hydrogens (tertiary/aromatic N) is 2. The lowest BCUT2D eigenvalue weighted by atomic mass is 10.2. The van der Waals surface area contributed by atoms with Crippen LogP contribution in [0.4, 0.5) is 0 Å². The molecule has 0 bridgehead atoms. The van der Waals surface area contributed by atoms with Crippen molar-refractivity contribution in [3.05, 3.63) is 0 Å². The summed E-state index contributed by atoms with van der Waals surface area (Å²) < 4.78 is 0. The molecule has 2 unspecified atom stereocenters. The molecule has 4 heteroatoms. The van der Waals surface area contributed by atoms with Crippen molar-refractivity contribution < 1.29 is 5.11 Å². The first-order chi connectivity index (χ1) is 7.13. The van der Waals surface area contributed by atoms with Gasteiger partial charge in [0, 0.05) is 25.7 Å². The highest BCUT2D eigenvalue weighted by molar-refractivity contribution is 4.82. The van der Waals surface area contributed by atoms with Gasteiger partial charge in [0.1, 0.15) is 0 Å². The quantitative estimate of drug-likeness (QED) is 0.632. The van der Waals surface area contributed by atoms with Gasteiger partial charge in [-0.2, -0.15) is 0 Å². The molecular formula is C11H25N3O. The van der Waals surface area contributed by atoms with E-state index in [4.69, 9.17) is 0 Å². The Balaban J connectivity index is 2.32. The SMILES string of the molecule is CNCC(O)CN1CCCC1CN(C)C. The van der Waals surface area contributed by atoms with E-state index < -0.39 is 0 Å². The fraction of sp³-hybridized carbons (Fsp3) is 1.00. The van der Waals surface area contributed by atoms with Gasteiger partial charge in [0.2, 0.25) is 0 Å². The van der Waals surface area contributed by atoms with Crippen LogP contribution >= 0.6 is 0 Å². The maximum absolute atomic E-state index is 9.74. The third kappa shape index (κ3) is 4.47. The van der Waals surface area contributed by atoms with Crippen LogP contribution in [0.5, 0.6) is 0 Å². The lowest BCUT2D eigenvalue weighted by Crippen LogP contribution is -2.43. The van der Waals surface area contributed by atoms with E-state index in [0.717, 1.165) is 19.6 Å². The Morgan fingerprint density at radius 3 is 2.87 bits per heavy atom. The van der Waals surface area contributed by atoms with E-state index in [1.807, 2.05) is 7.05 Å². The van der Waals surface area contributed by atoms with Gasteiger partial charge in [-0.25, -0.2) is 0 Å². The lowest BCUT2D eigenvalue weighted by Gasteiger charge is -2.28. The highest BCUT2D eigenvalue weighted by atomic mass is 16.3. The minimum absolute atomic E-state index is 0.238. The molecule has 0 radical (unpaired) electrons. The molecule has 1 aliphatic rings. The third-order valence-corrected chi connectivity index (χ3v) is 2.96. The molecule has 0 amide bonds. The molecule has 2 N–H and O–H groups in total. The van der Waals surface area contributed by atoms with Gasteiger partial charge in [-0.1, -0.05) is 0 Å². The smallest absolute Gasteiger partial charge is 0.0791 e. The second-order valence-corrected chi connectivity index (χ2v) is 4.76. The van der Waals surface area contributed by atoms with Crippen LogP contribution in [0.1, 0.15) is 12.8 Å². The van der Waals surface area contributed by atoms with Crippen molar-refractivity contribution in [2.45, 2.75) is 25.0 Å². The number of hydrogen-bond donors (Lipinski definition) is 2. The Hall–Kier alpha value is -0.160. The number of nitrogens with one attached hydrogen (secondary N) is 1. The van der Waals surface area contributed by atoms with Crippen LogP contribution in [0.3, 0.4) is 0 Å². The van der Waals surface area contributed by atoms with Crippen LogP contribution in [-0.2, 0) is 0 Å². The standard InChI is InChI=1S/C11H25N3O/c1-12-7-11(15)9-14-6-4-5-10(14)8-13(2)3/h10-12,15H,4-9H2,1-3H3. The topological polar surface area (TPSA) is 38.7 Å². The summed E-state index contributed by atoms with van der Waals surface area (Å²) >= 11 is 0. The molecule has 2 atom stereocenters. The minimum atomic E-state index is -0.238. The third-order valence-electron chi connectivity index (χ3n) is 2.96. The summed E-state index contributed by atoms with van der Waals surface area (Å²) in [6.45, 7) is 3.73. The van der Waals surface area contributed by atoms with Crippen LogP contribution in [-0.4, -0.2) is 74.4 Å². The van der Waals surface area contributed by atoms with Gasteiger partial charge in [-0.3, -0.25) is 4.90 Å². The molecule has 1 saturated heterocycles. The number of likely N-dealkylation sites (N-methyl/N-ethyl adjacent to an activating group) is 2. The van der Waals surface area contributed by atoms with Crippen molar-refractivity contribution in [2.75, 3.05) is 47.3 Å². The summed E-state index contributed by atoms with van der Waals surface area (Å²) in [7, 11) is 6.10. The van der Waals surface area contributed by atoms with Crippen molar-refractivity contribution in [2.24, 2.45) is 0 Å². The molecule has 4 nitrogen and oxygen atoms in total. The van der Waals surface area contributed by atoms with E-state index >= 15 is 0 Å². The molecule has 1 aliphatic heterocycles. The molecular weight excluding hydrogens is 190 g/mol. The molecule has 1 fully saturated rings. The summed E-state index contributed by atoms with van der Waals surface area (Å²) in [5.74, 6) is 0. The molecule has 0 aromatic heterocycles. The largest absolute Gasteiger partial charge is 0.390 e. The van der Waals surface area contributed by atoms with Crippen molar-refractivity contribution in [3.8, 4) is 0 Å². The number of likely N-dealkylation sites (tertiary alicyclic amines) is 1. The van der Waals surface area contributed by atoms with Gasteiger partial charge >= 0.3 is 0 Å². The predicted molar refractivity (Wildman–Crippen MR) is 63.1 cm³/mol. The zero-order valence-electron chi connectivity index (χ0n) is 10.2. The summed E-state index contributed by atoms with van der Waals surface area (Å²) in [5, 5.41) is 12.8. The Labute approximate surface area is 93.2 Å². The van der Waals surface area contributed by atoms with E-state index in [2.05, 4.69) is 29.2 Å². The van der Waals surface area contributed by atoms with E-state index in [1.165, 1.54) is 12.8 Å². The zero-order chi connectivity index (χ0) is 11.3. The minimum Gasteiger partial charge on any atom is -0.390 e. The van der Waals surface area contributed by atoms with Crippen molar-refractivity contribution >= 4 is 0 Å². The molecule has 0 aromatic carbocycles. The van der Waals surface area contributed by atoms with Crippen molar-refractivity contribution in [1.82, 2.24) is 15.1 Å². The Kier molecular flexibility index (Phi) is 5.53. The second-order valence-electron chi connectivity index (χ2n) is 4.76. The Morgan fingerprint density at radius 1 is 1.53 bits per heavy atom. The normalized spacial score (nSPS) is 25.0. The molecule has 1 heterocycles. The number of aliphatic hydroxyl groups excluding tert-OH is 1. The van der Waals surface area contributed by atoms with Gasteiger partial charge < -0.3 is 15.3 Å². The fourth-order valence-electron chi connectivity index (χ4n) is 2.33. The Bertz CT molecular complexity index is 175. The molecule has 1 rings (SSSR count). The van der Waals surface area contributed by atoms with Crippen molar-refractivity contribution in [1.29, 1.82) is 0 Å². The van der Waals surface area contributed by atoms with Gasteiger partial charge in [-0.15, -0.1) is 0 Å². The molecule has 0 aromatic rings. The highest BCUT2D eigenvalue weighted by Crippen LogP contribution is 2.17. The average Bonchev–Trinajstić information content (AvgIpc) is 2.52. The first-order valence-electron chi connectivity index (χ1n) is 5.85. The summed E-state index contributed by atoms with van der Waals surface area (Å²) in [5.41, 5.74) is 0. The van der Waals surface area contributed by atoms with Gasteiger partial charge in [0.05, 0.1) is 6.10 Å². The first kappa shape index (κ1) is 12.9. The highest BCUT2D eigenvalue weighted by Gasteiger charge is 2.26. The summed E-state index contributed by atoms with van der Waals surface area (Å²) in [6.07, 6.45) is 2.30. The van der Waals surface area contributed by atoms with E-state index in [9.17, 15) is 5.11 Å². The van der Waals surface area contributed by atoms with Gasteiger partial charge in [-0.05, 0) is 40.5 Å². The fourth-order valence-corrected chi connectivity index (χ4v) is 2.33. The summed E-state index contributed by atoms with van der Waals surface area (Å²) in [6, 6.07) is 0.631. The number of β-amino-alcohol motifs (C(OH)–C–C–N with tert-alkyl or cyclic N) is 1. The zero-order valence-corrected chi connectivity index (χ0v) is 10.2. The van der Waals surface area contributed by atoms with Crippen LogP contribution in [0.15, 0.2) is 0 Å².